The van der Waals surface area contributed by atoms with Crippen LogP contribution in [0.5, 0.6) is 0 Å². The minimum absolute atomic E-state index is 0.0192. The number of carbonyl (C=O) groups excluding carboxylic acids is 1. The maximum atomic E-state index is 11.0. The average molecular weight is 171 g/mol. The topological polar surface area (TPSA) is 42.9 Å². The summed E-state index contributed by atoms with van der Waals surface area (Å²) < 4.78 is 0. The highest BCUT2D eigenvalue weighted by molar-refractivity contribution is 6.29. The molecule has 3 nitrogen and oxygen atoms in total. The Kier molecular flexibility index (Phi) is 2.54. The van der Waals surface area contributed by atoms with Crippen molar-refractivity contribution in [1.82, 2.24) is 9.97 Å². The molecule has 0 bridgehead atoms. The highest BCUT2D eigenvalue weighted by atomic mass is 35.5. The number of carbonyl (C=O) groups is 1. The van der Waals surface area contributed by atoms with Crippen molar-refractivity contribution in [3.63, 3.8) is 0 Å². The zero-order chi connectivity index (χ0) is 8.27. The standard InChI is InChI=1S/C7H7ClN2O/c1-2-6(11)5-3-7(8)10-4-9-5/h3-4H,2H2,1H3. The van der Waals surface area contributed by atoms with E-state index in [9.17, 15) is 4.79 Å². The van der Waals surface area contributed by atoms with E-state index in [1.807, 2.05) is 0 Å². The second kappa shape index (κ2) is 3.44. The molecule has 0 aliphatic rings. The van der Waals surface area contributed by atoms with Crippen molar-refractivity contribution < 1.29 is 4.79 Å². The monoisotopic (exact) mass is 170 g/mol. The van der Waals surface area contributed by atoms with E-state index in [4.69, 9.17) is 11.6 Å². The van der Waals surface area contributed by atoms with E-state index in [2.05, 4.69) is 9.97 Å². The second-order valence-electron chi connectivity index (χ2n) is 2.00. The fourth-order valence-corrected chi connectivity index (χ4v) is 0.814. The van der Waals surface area contributed by atoms with E-state index < -0.39 is 0 Å². The van der Waals surface area contributed by atoms with E-state index >= 15 is 0 Å². The van der Waals surface area contributed by atoms with Gasteiger partial charge >= 0.3 is 0 Å². The molecule has 1 aromatic rings. The third-order valence-corrected chi connectivity index (χ3v) is 1.45. The van der Waals surface area contributed by atoms with E-state index in [-0.39, 0.29) is 5.78 Å². The normalized spacial score (nSPS) is 9.64. The first-order valence-electron chi connectivity index (χ1n) is 3.24. The Morgan fingerprint density at radius 3 is 2.91 bits per heavy atom. The lowest BCUT2D eigenvalue weighted by atomic mass is 10.2. The maximum absolute atomic E-state index is 11.0. The molecule has 11 heavy (non-hydrogen) atoms. The Morgan fingerprint density at radius 1 is 1.64 bits per heavy atom. The van der Waals surface area contributed by atoms with Gasteiger partial charge < -0.3 is 0 Å². The highest BCUT2D eigenvalue weighted by Crippen LogP contribution is 2.05. The molecule has 58 valence electrons. The summed E-state index contributed by atoms with van der Waals surface area (Å²) in [6.45, 7) is 1.78. The number of aromatic nitrogens is 2. The van der Waals surface area contributed by atoms with Gasteiger partial charge in [0.25, 0.3) is 0 Å². The Bertz CT molecular complexity index is 275. The van der Waals surface area contributed by atoms with Crippen molar-refractivity contribution in [2.45, 2.75) is 13.3 Å². The van der Waals surface area contributed by atoms with Gasteiger partial charge in [-0.2, -0.15) is 0 Å². The molecule has 4 heteroatoms. The summed E-state index contributed by atoms with van der Waals surface area (Å²) in [5.41, 5.74) is 0.382. The summed E-state index contributed by atoms with van der Waals surface area (Å²) in [5.74, 6) is -0.0192. The van der Waals surface area contributed by atoms with Gasteiger partial charge in [0.15, 0.2) is 5.78 Å². The number of hydrogen-bond acceptors (Lipinski definition) is 3. The second-order valence-corrected chi connectivity index (χ2v) is 2.39. The molecule has 0 fully saturated rings. The van der Waals surface area contributed by atoms with Crippen LogP contribution in [0.2, 0.25) is 5.15 Å². The number of Topliss-reactive ketones (excluding diaryl/α,β-unsaturated/α-hetero) is 1. The molecule has 0 atom stereocenters. The minimum atomic E-state index is -0.0192. The zero-order valence-corrected chi connectivity index (χ0v) is 6.80. The van der Waals surface area contributed by atoms with Gasteiger partial charge in [-0.1, -0.05) is 18.5 Å². The summed E-state index contributed by atoms with van der Waals surface area (Å²) in [5, 5.41) is 0.303. The number of nitrogens with zero attached hydrogens (tertiary/aromatic N) is 2. The van der Waals surface area contributed by atoms with Gasteiger partial charge in [-0.05, 0) is 0 Å². The Labute approximate surface area is 69.4 Å². The SMILES string of the molecule is CCC(=O)c1cc(Cl)ncn1. The highest BCUT2D eigenvalue weighted by Gasteiger charge is 2.04. The van der Waals surface area contributed by atoms with E-state index in [0.717, 1.165) is 0 Å². The summed E-state index contributed by atoms with van der Waals surface area (Å²) in [4.78, 5) is 18.4. The summed E-state index contributed by atoms with van der Waals surface area (Å²) in [6, 6.07) is 1.47. The first-order chi connectivity index (χ1) is 5.24. The third kappa shape index (κ3) is 1.98. The lowest BCUT2D eigenvalue weighted by Crippen LogP contribution is -1.99. The van der Waals surface area contributed by atoms with Crippen molar-refractivity contribution in [1.29, 1.82) is 0 Å². The lowest BCUT2D eigenvalue weighted by Gasteiger charge is -1.94. The molecule has 0 aliphatic carbocycles. The Morgan fingerprint density at radius 2 is 2.36 bits per heavy atom. The van der Waals surface area contributed by atoms with Crippen LogP contribution in [0.15, 0.2) is 12.4 Å². The first kappa shape index (κ1) is 8.14. The number of halogens is 1. The van der Waals surface area contributed by atoms with Crippen LogP contribution in [-0.4, -0.2) is 15.8 Å². The summed E-state index contributed by atoms with van der Waals surface area (Å²) >= 11 is 5.54. The van der Waals surface area contributed by atoms with Crippen LogP contribution in [0, 0.1) is 0 Å². The summed E-state index contributed by atoms with van der Waals surface area (Å²) in [7, 11) is 0. The van der Waals surface area contributed by atoms with Crippen LogP contribution < -0.4 is 0 Å². The van der Waals surface area contributed by atoms with Gasteiger partial charge in [-0.3, -0.25) is 4.79 Å². The van der Waals surface area contributed by atoms with Gasteiger partial charge in [0, 0.05) is 12.5 Å². The molecule has 0 saturated carbocycles. The smallest absolute Gasteiger partial charge is 0.181 e. The first-order valence-corrected chi connectivity index (χ1v) is 3.62. The predicted molar refractivity (Wildman–Crippen MR) is 41.7 cm³/mol. The predicted octanol–water partition coefficient (Wildman–Crippen LogP) is 1.72. The van der Waals surface area contributed by atoms with Gasteiger partial charge in [0.1, 0.15) is 17.2 Å². The van der Waals surface area contributed by atoms with Crippen molar-refractivity contribution in [3.8, 4) is 0 Å². The quantitative estimate of drug-likeness (QED) is 0.502. The molecular formula is C7H7ClN2O. The van der Waals surface area contributed by atoms with E-state index in [1.165, 1.54) is 12.4 Å². The lowest BCUT2D eigenvalue weighted by molar-refractivity contribution is 0.0983. The van der Waals surface area contributed by atoms with Crippen LogP contribution in [0.4, 0.5) is 0 Å². The zero-order valence-electron chi connectivity index (χ0n) is 6.04. The van der Waals surface area contributed by atoms with Crippen LogP contribution in [0.3, 0.4) is 0 Å². The third-order valence-electron chi connectivity index (χ3n) is 1.24. The Hall–Kier alpha value is -0.960. The summed E-state index contributed by atoms with van der Waals surface area (Å²) in [6.07, 6.45) is 1.72. The molecule has 1 aromatic heterocycles. The molecule has 0 radical (unpaired) electrons. The number of rotatable bonds is 2. The molecule has 0 aromatic carbocycles. The molecule has 0 N–H and O–H groups in total. The molecule has 1 rings (SSSR count). The largest absolute Gasteiger partial charge is 0.292 e. The van der Waals surface area contributed by atoms with Crippen molar-refractivity contribution in [2.75, 3.05) is 0 Å². The minimum Gasteiger partial charge on any atom is -0.292 e. The van der Waals surface area contributed by atoms with Crippen LogP contribution in [0.25, 0.3) is 0 Å². The molecule has 1 heterocycles. The van der Waals surface area contributed by atoms with E-state index in [1.54, 1.807) is 6.92 Å². The fourth-order valence-electron chi connectivity index (χ4n) is 0.667. The van der Waals surface area contributed by atoms with Gasteiger partial charge in [-0.15, -0.1) is 0 Å². The molecule has 0 aliphatic heterocycles. The van der Waals surface area contributed by atoms with E-state index in [0.29, 0.717) is 17.3 Å². The molecule has 0 spiro atoms. The van der Waals surface area contributed by atoms with Gasteiger partial charge in [0.05, 0.1) is 0 Å². The van der Waals surface area contributed by atoms with Crippen molar-refractivity contribution in [3.05, 3.63) is 23.2 Å². The maximum Gasteiger partial charge on any atom is 0.181 e. The fraction of sp³-hybridized carbons (Fsp3) is 0.286. The molecule has 0 saturated heterocycles. The van der Waals surface area contributed by atoms with Crippen molar-refractivity contribution >= 4 is 17.4 Å². The van der Waals surface area contributed by atoms with Crippen molar-refractivity contribution in [2.24, 2.45) is 0 Å². The molecule has 0 amide bonds. The van der Waals surface area contributed by atoms with Crippen LogP contribution in [-0.2, 0) is 0 Å². The van der Waals surface area contributed by atoms with Crippen LogP contribution >= 0.6 is 11.6 Å². The average Bonchev–Trinajstić information content (AvgIpc) is 2.03. The Balaban J connectivity index is 2.96. The number of hydrogen-bond donors (Lipinski definition) is 0. The molecular weight excluding hydrogens is 164 g/mol. The number of ketones is 1. The van der Waals surface area contributed by atoms with Crippen LogP contribution in [0.1, 0.15) is 23.8 Å². The molecule has 0 unspecified atom stereocenters. The van der Waals surface area contributed by atoms with Gasteiger partial charge in [-0.25, -0.2) is 9.97 Å². The van der Waals surface area contributed by atoms with Gasteiger partial charge in [0.2, 0.25) is 0 Å².